The molecule has 0 aliphatic heterocycles. The molecule has 5 nitrogen and oxygen atoms in total. The minimum atomic E-state index is 0.145. The van der Waals surface area contributed by atoms with Crippen molar-refractivity contribution in [2.75, 3.05) is 24.6 Å². The quantitative estimate of drug-likeness (QED) is 0.814. The average Bonchev–Trinajstić information content (AvgIpc) is 2.75. The Kier molecular flexibility index (Phi) is 3.36. The molecule has 0 aliphatic carbocycles. The van der Waals surface area contributed by atoms with Crippen molar-refractivity contribution >= 4 is 11.5 Å². The molecule has 86 valence electrons. The van der Waals surface area contributed by atoms with E-state index >= 15 is 0 Å². The number of rotatable bonds is 5. The van der Waals surface area contributed by atoms with Crippen LogP contribution < -0.4 is 4.90 Å². The minimum absolute atomic E-state index is 0.145. The Labute approximate surface area is 94.3 Å². The van der Waals surface area contributed by atoms with Gasteiger partial charge in [0.25, 0.3) is 0 Å². The van der Waals surface area contributed by atoms with E-state index in [-0.39, 0.29) is 6.61 Å². The summed E-state index contributed by atoms with van der Waals surface area (Å²) in [7, 11) is 0. The zero-order valence-electron chi connectivity index (χ0n) is 9.37. The Morgan fingerprint density at radius 2 is 2.25 bits per heavy atom. The second-order valence-electron chi connectivity index (χ2n) is 3.63. The van der Waals surface area contributed by atoms with Gasteiger partial charge in [0.05, 0.1) is 12.8 Å². The molecule has 0 amide bonds. The largest absolute Gasteiger partial charge is 0.395 e. The lowest BCUT2D eigenvalue weighted by atomic mass is 10.4. The van der Waals surface area contributed by atoms with E-state index in [2.05, 4.69) is 21.9 Å². The van der Waals surface area contributed by atoms with Gasteiger partial charge in [0.15, 0.2) is 5.65 Å². The molecule has 0 radical (unpaired) electrons. The third kappa shape index (κ3) is 2.14. The van der Waals surface area contributed by atoms with E-state index in [0.717, 1.165) is 24.4 Å². The summed E-state index contributed by atoms with van der Waals surface area (Å²) in [6.07, 6.45) is 4.64. The van der Waals surface area contributed by atoms with Crippen LogP contribution in [0.5, 0.6) is 0 Å². The predicted octanol–water partition coefficient (Wildman–Crippen LogP) is 0.938. The topological polar surface area (TPSA) is 53.7 Å². The second kappa shape index (κ2) is 4.94. The highest BCUT2D eigenvalue weighted by Crippen LogP contribution is 2.12. The van der Waals surface area contributed by atoms with Crippen molar-refractivity contribution in [3.8, 4) is 0 Å². The number of hydrogen-bond donors (Lipinski definition) is 1. The van der Waals surface area contributed by atoms with Gasteiger partial charge in [0.2, 0.25) is 0 Å². The van der Waals surface area contributed by atoms with E-state index in [1.807, 2.05) is 18.3 Å². The number of aromatic nitrogens is 3. The first kappa shape index (κ1) is 10.9. The Morgan fingerprint density at radius 3 is 3.00 bits per heavy atom. The van der Waals surface area contributed by atoms with Crippen molar-refractivity contribution in [1.29, 1.82) is 0 Å². The fourth-order valence-electron chi connectivity index (χ4n) is 1.71. The highest BCUT2D eigenvalue weighted by Gasteiger charge is 2.07. The van der Waals surface area contributed by atoms with Crippen LogP contribution in [0.1, 0.15) is 13.3 Å². The molecule has 0 unspecified atom stereocenters. The Hall–Kier alpha value is -1.62. The van der Waals surface area contributed by atoms with E-state index in [9.17, 15) is 0 Å². The SMILES string of the molecule is CCCN(CCO)c1ccn2nccc2n1. The van der Waals surface area contributed by atoms with Gasteiger partial charge in [-0.3, -0.25) is 0 Å². The van der Waals surface area contributed by atoms with Crippen LogP contribution in [0.15, 0.2) is 24.5 Å². The highest BCUT2D eigenvalue weighted by atomic mass is 16.3. The number of fused-ring (bicyclic) bond motifs is 1. The van der Waals surface area contributed by atoms with Gasteiger partial charge in [-0.05, 0) is 12.5 Å². The van der Waals surface area contributed by atoms with Gasteiger partial charge < -0.3 is 10.0 Å². The molecule has 0 atom stereocenters. The Balaban J connectivity index is 2.28. The molecule has 1 N–H and O–H groups in total. The summed E-state index contributed by atoms with van der Waals surface area (Å²) in [5.74, 6) is 0.893. The molecule has 0 saturated heterocycles. The summed E-state index contributed by atoms with van der Waals surface area (Å²) < 4.78 is 1.73. The molecule has 0 saturated carbocycles. The third-order valence-electron chi connectivity index (χ3n) is 2.43. The first-order valence-corrected chi connectivity index (χ1v) is 5.51. The van der Waals surface area contributed by atoms with Gasteiger partial charge in [-0.25, -0.2) is 9.50 Å². The molecule has 2 heterocycles. The third-order valence-corrected chi connectivity index (χ3v) is 2.43. The number of aliphatic hydroxyl groups excluding tert-OH is 1. The van der Waals surface area contributed by atoms with Gasteiger partial charge in [-0.1, -0.05) is 6.92 Å². The minimum Gasteiger partial charge on any atom is -0.395 e. The lowest BCUT2D eigenvalue weighted by Crippen LogP contribution is -2.28. The number of hydrogen-bond acceptors (Lipinski definition) is 4. The lowest BCUT2D eigenvalue weighted by Gasteiger charge is -2.21. The zero-order valence-corrected chi connectivity index (χ0v) is 9.37. The second-order valence-corrected chi connectivity index (χ2v) is 3.63. The van der Waals surface area contributed by atoms with Crippen LogP contribution in [-0.4, -0.2) is 39.4 Å². The maximum absolute atomic E-state index is 9.01. The molecule has 2 aromatic heterocycles. The van der Waals surface area contributed by atoms with E-state index in [4.69, 9.17) is 5.11 Å². The molecule has 2 rings (SSSR count). The van der Waals surface area contributed by atoms with Gasteiger partial charge in [-0.15, -0.1) is 0 Å². The lowest BCUT2D eigenvalue weighted by molar-refractivity contribution is 0.301. The van der Waals surface area contributed by atoms with Crippen LogP contribution in [0.25, 0.3) is 5.65 Å². The van der Waals surface area contributed by atoms with Gasteiger partial charge in [-0.2, -0.15) is 5.10 Å². The molecule has 5 heteroatoms. The zero-order chi connectivity index (χ0) is 11.4. The van der Waals surface area contributed by atoms with E-state index < -0.39 is 0 Å². The normalized spacial score (nSPS) is 10.9. The molecule has 16 heavy (non-hydrogen) atoms. The summed E-state index contributed by atoms with van der Waals surface area (Å²) in [5.41, 5.74) is 0.830. The standard InChI is InChI=1S/C11H16N4O/c1-2-6-14(8-9-16)10-4-7-15-11(13-10)3-5-12-15/h3-5,7,16H,2,6,8-9H2,1H3. The van der Waals surface area contributed by atoms with Gasteiger partial charge in [0, 0.05) is 25.4 Å². The predicted molar refractivity (Wildman–Crippen MR) is 62.6 cm³/mol. The molecule has 0 aromatic carbocycles. The van der Waals surface area contributed by atoms with E-state index in [1.54, 1.807) is 10.7 Å². The van der Waals surface area contributed by atoms with Crippen LogP contribution in [-0.2, 0) is 0 Å². The van der Waals surface area contributed by atoms with Crippen molar-refractivity contribution in [1.82, 2.24) is 14.6 Å². The fourth-order valence-corrected chi connectivity index (χ4v) is 1.71. The van der Waals surface area contributed by atoms with Crippen molar-refractivity contribution in [2.45, 2.75) is 13.3 Å². The van der Waals surface area contributed by atoms with E-state index in [0.29, 0.717) is 6.54 Å². The smallest absolute Gasteiger partial charge is 0.157 e. The van der Waals surface area contributed by atoms with Crippen molar-refractivity contribution < 1.29 is 5.11 Å². The monoisotopic (exact) mass is 220 g/mol. The molecule has 0 spiro atoms. The average molecular weight is 220 g/mol. The number of anilines is 1. The summed E-state index contributed by atoms with van der Waals surface area (Å²) >= 11 is 0. The van der Waals surface area contributed by atoms with Crippen LogP contribution in [0.4, 0.5) is 5.82 Å². The molecule has 2 aromatic rings. The van der Waals surface area contributed by atoms with E-state index in [1.165, 1.54) is 0 Å². The summed E-state index contributed by atoms with van der Waals surface area (Å²) in [4.78, 5) is 6.56. The fraction of sp³-hybridized carbons (Fsp3) is 0.455. The van der Waals surface area contributed by atoms with Crippen LogP contribution in [0.3, 0.4) is 0 Å². The van der Waals surface area contributed by atoms with Crippen molar-refractivity contribution in [3.63, 3.8) is 0 Å². The first-order chi connectivity index (χ1) is 7.85. The molecule has 0 bridgehead atoms. The van der Waals surface area contributed by atoms with Crippen LogP contribution in [0, 0.1) is 0 Å². The molecular formula is C11H16N4O. The number of aliphatic hydroxyl groups is 1. The van der Waals surface area contributed by atoms with Gasteiger partial charge >= 0.3 is 0 Å². The first-order valence-electron chi connectivity index (χ1n) is 5.51. The van der Waals surface area contributed by atoms with Crippen molar-refractivity contribution in [3.05, 3.63) is 24.5 Å². The maximum Gasteiger partial charge on any atom is 0.157 e. The maximum atomic E-state index is 9.01. The summed E-state index contributed by atoms with van der Waals surface area (Å²) in [5, 5.41) is 13.1. The number of nitrogens with zero attached hydrogens (tertiary/aromatic N) is 4. The van der Waals surface area contributed by atoms with Crippen molar-refractivity contribution in [2.24, 2.45) is 0 Å². The molecular weight excluding hydrogens is 204 g/mol. The Bertz CT molecular complexity index is 448. The van der Waals surface area contributed by atoms with Crippen LogP contribution in [0.2, 0.25) is 0 Å². The molecule has 0 fully saturated rings. The van der Waals surface area contributed by atoms with Crippen LogP contribution >= 0.6 is 0 Å². The highest BCUT2D eigenvalue weighted by molar-refractivity contribution is 5.47. The van der Waals surface area contributed by atoms with Gasteiger partial charge in [0.1, 0.15) is 5.82 Å². The Morgan fingerprint density at radius 1 is 1.38 bits per heavy atom. The summed E-state index contributed by atoms with van der Waals surface area (Å²) in [6.45, 7) is 3.77. The summed E-state index contributed by atoms with van der Waals surface area (Å²) in [6, 6.07) is 3.79. The molecule has 0 aliphatic rings.